The van der Waals surface area contributed by atoms with Crippen molar-refractivity contribution in [2.75, 3.05) is 17.6 Å². The third-order valence-corrected chi connectivity index (χ3v) is 5.17. The minimum Gasteiger partial charge on any atom is -0.473 e. The van der Waals surface area contributed by atoms with Gasteiger partial charge in [-0.3, -0.25) is 9.52 Å². The van der Waals surface area contributed by atoms with Gasteiger partial charge in [-0.2, -0.15) is 13.2 Å². The molecule has 0 fully saturated rings. The van der Waals surface area contributed by atoms with E-state index in [0.29, 0.717) is 0 Å². The van der Waals surface area contributed by atoms with Crippen LogP contribution in [0.3, 0.4) is 0 Å². The molecule has 0 aliphatic heterocycles. The van der Waals surface area contributed by atoms with Crippen LogP contribution in [0.15, 0.2) is 42.5 Å². The number of carbonyl (C=O) groups excluding carboxylic acids is 1. The molecule has 12 heteroatoms. The smallest absolute Gasteiger partial charge is 0.433 e. The Balaban J connectivity index is 2.14. The van der Waals surface area contributed by atoms with Crippen molar-refractivity contribution in [3.05, 3.63) is 65.1 Å². The molecule has 1 amide bonds. The Morgan fingerprint density at radius 3 is 2.50 bits per heavy atom. The Labute approximate surface area is 195 Å². The number of sulfonamides is 1. The number of ether oxygens (including phenoxy) is 1. The molecule has 0 bridgehead atoms. The zero-order chi connectivity index (χ0) is 25.5. The van der Waals surface area contributed by atoms with Crippen LogP contribution in [-0.4, -0.2) is 32.2 Å². The van der Waals surface area contributed by atoms with E-state index in [0.717, 1.165) is 24.8 Å². The minimum absolute atomic E-state index is 0.00659. The van der Waals surface area contributed by atoms with Crippen LogP contribution in [-0.2, 0) is 27.5 Å². The number of alkyl halides is 3. The van der Waals surface area contributed by atoms with E-state index in [-0.39, 0.29) is 35.8 Å². The summed E-state index contributed by atoms with van der Waals surface area (Å²) in [7, 11) is -3.68. The molecular weight excluding hydrogens is 478 g/mol. The Morgan fingerprint density at radius 1 is 1.21 bits per heavy atom. The first-order valence-corrected chi connectivity index (χ1v) is 12.1. The fraction of sp³-hybridized carbons (Fsp3) is 0.364. The average molecular weight is 504 g/mol. The molecule has 0 aliphatic carbocycles. The van der Waals surface area contributed by atoms with Crippen LogP contribution in [0.2, 0.25) is 0 Å². The summed E-state index contributed by atoms with van der Waals surface area (Å²) in [5.41, 5.74) is -0.865. The molecule has 1 aromatic carbocycles. The number of allylic oxidation sites excluding steroid dienone is 1. The normalized spacial score (nSPS) is 13.0. The SMILES string of the molecule is CCC=CCOc1nc(C(F)(F)F)ccc1CNC(=O)C(C)c1ccc(NS(C)(=O)=O)c(F)c1. The fourth-order valence-corrected chi connectivity index (χ4v) is 3.38. The van der Waals surface area contributed by atoms with E-state index in [1.807, 2.05) is 11.6 Å². The predicted molar refractivity (Wildman–Crippen MR) is 119 cm³/mol. The largest absolute Gasteiger partial charge is 0.473 e. The third kappa shape index (κ3) is 8.01. The number of halogens is 4. The van der Waals surface area contributed by atoms with Crippen molar-refractivity contribution in [1.29, 1.82) is 0 Å². The number of benzene rings is 1. The van der Waals surface area contributed by atoms with Crippen molar-refractivity contribution in [3.63, 3.8) is 0 Å². The Kier molecular flexibility index (Phi) is 9.02. The summed E-state index contributed by atoms with van der Waals surface area (Å²) in [6.07, 6.45) is 0.377. The number of aromatic nitrogens is 1. The molecule has 1 atom stereocenters. The molecule has 0 spiro atoms. The molecule has 2 aromatic rings. The molecule has 1 aromatic heterocycles. The van der Waals surface area contributed by atoms with Crippen LogP contribution < -0.4 is 14.8 Å². The Morgan fingerprint density at radius 2 is 1.91 bits per heavy atom. The lowest BCUT2D eigenvalue weighted by molar-refractivity contribution is -0.141. The van der Waals surface area contributed by atoms with E-state index in [9.17, 15) is 30.8 Å². The highest BCUT2D eigenvalue weighted by Crippen LogP contribution is 2.30. The average Bonchev–Trinajstić information content (AvgIpc) is 2.74. The van der Waals surface area contributed by atoms with Gasteiger partial charge in [-0.05, 0) is 43.2 Å². The van der Waals surface area contributed by atoms with Gasteiger partial charge in [0, 0.05) is 12.1 Å². The molecule has 0 radical (unpaired) electrons. The number of nitrogens with zero attached hydrogens (tertiary/aromatic N) is 1. The zero-order valence-corrected chi connectivity index (χ0v) is 19.6. The second-order valence-electron chi connectivity index (χ2n) is 7.40. The van der Waals surface area contributed by atoms with Crippen LogP contribution >= 0.6 is 0 Å². The standard InChI is InChI=1S/C22H25F4N3O4S/c1-4-5-6-11-33-21-16(8-10-19(28-21)22(24,25)26)13-27-20(30)14(2)15-7-9-18(17(23)12-15)29-34(3,31)32/h5-10,12,14,29H,4,11,13H2,1-3H3,(H,27,30). The van der Waals surface area contributed by atoms with Gasteiger partial charge in [-0.25, -0.2) is 17.8 Å². The zero-order valence-electron chi connectivity index (χ0n) is 18.7. The second kappa shape index (κ2) is 11.3. The van der Waals surface area contributed by atoms with Crippen molar-refractivity contribution in [3.8, 4) is 5.88 Å². The van der Waals surface area contributed by atoms with E-state index < -0.39 is 39.5 Å². The lowest BCUT2D eigenvalue weighted by atomic mass is 9.99. The summed E-state index contributed by atoms with van der Waals surface area (Å²) in [5.74, 6) is -2.47. The lowest BCUT2D eigenvalue weighted by Crippen LogP contribution is -2.28. The number of hydrogen-bond donors (Lipinski definition) is 2. The van der Waals surface area contributed by atoms with Gasteiger partial charge in [0.2, 0.25) is 21.8 Å². The molecular formula is C22H25F4N3O4S. The Bertz CT molecular complexity index is 1150. The van der Waals surface area contributed by atoms with Crippen molar-refractivity contribution in [2.45, 2.75) is 38.9 Å². The van der Waals surface area contributed by atoms with Crippen LogP contribution in [0.4, 0.5) is 23.2 Å². The van der Waals surface area contributed by atoms with Crippen LogP contribution in [0.5, 0.6) is 5.88 Å². The molecule has 0 saturated carbocycles. The van der Waals surface area contributed by atoms with E-state index in [1.54, 1.807) is 12.2 Å². The molecule has 7 nitrogen and oxygen atoms in total. The molecule has 186 valence electrons. The molecule has 0 aliphatic rings. The monoisotopic (exact) mass is 503 g/mol. The van der Waals surface area contributed by atoms with E-state index in [2.05, 4.69) is 10.3 Å². The molecule has 1 heterocycles. The summed E-state index contributed by atoms with van der Waals surface area (Å²) in [4.78, 5) is 16.1. The first kappa shape index (κ1) is 27.1. The summed E-state index contributed by atoms with van der Waals surface area (Å²) in [5, 5.41) is 2.58. The quantitative estimate of drug-likeness (QED) is 0.371. The van der Waals surface area contributed by atoms with Gasteiger partial charge in [-0.1, -0.05) is 25.1 Å². The van der Waals surface area contributed by atoms with Crippen molar-refractivity contribution in [1.82, 2.24) is 10.3 Å². The summed E-state index contributed by atoms with van der Waals surface area (Å²) < 4.78 is 83.3. The maximum Gasteiger partial charge on any atom is 0.433 e. The van der Waals surface area contributed by atoms with Gasteiger partial charge < -0.3 is 10.1 Å². The van der Waals surface area contributed by atoms with Gasteiger partial charge in [0.05, 0.1) is 17.9 Å². The molecule has 34 heavy (non-hydrogen) atoms. The van der Waals surface area contributed by atoms with Gasteiger partial charge in [0.25, 0.3) is 0 Å². The molecule has 1 unspecified atom stereocenters. The number of carbonyl (C=O) groups is 1. The van der Waals surface area contributed by atoms with Crippen molar-refractivity contribution < 1.29 is 35.5 Å². The first-order chi connectivity index (χ1) is 15.8. The highest BCUT2D eigenvalue weighted by molar-refractivity contribution is 7.92. The first-order valence-electron chi connectivity index (χ1n) is 10.2. The van der Waals surface area contributed by atoms with Crippen LogP contribution in [0, 0.1) is 5.82 Å². The van der Waals surface area contributed by atoms with Gasteiger partial charge >= 0.3 is 6.18 Å². The molecule has 0 saturated heterocycles. The topological polar surface area (TPSA) is 97.4 Å². The van der Waals surface area contributed by atoms with Crippen molar-refractivity contribution in [2.24, 2.45) is 0 Å². The number of pyridine rings is 1. The van der Waals surface area contributed by atoms with E-state index in [4.69, 9.17) is 4.74 Å². The number of anilines is 1. The van der Waals surface area contributed by atoms with E-state index in [1.165, 1.54) is 25.1 Å². The summed E-state index contributed by atoms with van der Waals surface area (Å²) >= 11 is 0. The summed E-state index contributed by atoms with van der Waals surface area (Å²) in [6.45, 7) is 3.23. The van der Waals surface area contributed by atoms with E-state index >= 15 is 0 Å². The highest BCUT2D eigenvalue weighted by Gasteiger charge is 2.33. The number of nitrogens with one attached hydrogen (secondary N) is 2. The van der Waals surface area contributed by atoms with Gasteiger partial charge in [0.1, 0.15) is 18.1 Å². The van der Waals surface area contributed by atoms with Crippen LogP contribution in [0.1, 0.15) is 43.0 Å². The minimum atomic E-state index is -4.66. The second-order valence-corrected chi connectivity index (χ2v) is 9.15. The Hall–Kier alpha value is -3.15. The molecule has 2 N–H and O–H groups in total. The number of amides is 1. The fourth-order valence-electron chi connectivity index (χ4n) is 2.82. The van der Waals surface area contributed by atoms with Gasteiger partial charge in [-0.15, -0.1) is 0 Å². The lowest BCUT2D eigenvalue weighted by Gasteiger charge is -2.16. The van der Waals surface area contributed by atoms with Crippen LogP contribution in [0.25, 0.3) is 0 Å². The number of rotatable bonds is 10. The highest BCUT2D eigenvalue weighted by atomic mass is 32.2. The third-order valence-electron chi connectivity index (χ3n) is 4.58. The van der Waals surface area contributed by atoms with Gasteiger partial charge in [0.15, 0.2) is 0 Å². The maximum absolute atomic E-state index is 14.2. The number of hydrogen-bond acceptors (Lipinski definition) is 5. The predicted octanol–water partition coefficient (Wildman–Crippen LogP) is 4.38. The summed E-state index contributed by atoms with van der Waals surface area (Å²) in [6, 6.07) is 5.60. The molecule has 2 rings (SSSR count). The maximum atomic E-state index is 14.2. The van der Waals surface area contributed by atoms with Crippen molar-refractivity contribution >= 4 is 21.6 Å².